The highest BCUT2D eigenvalue weighted by Gasteiger charge is 2.19. The van der Waals surface area contributed by atoms with Crippen molar-refractivity contribution in [3.63, 3.8) is 0 Å². The van der Waals surface area contributed by atoms with Crippen molar-refractivity contribution in [1.29, 1.82) is 0 Å². The molecule has 0 aliphatic carbocycles. The molecule has 0 saturated carbocycles. The van der Waals surface area contributed by atoms with Crippen LogP contribution in [0.25, 0.3) is 0 Å². The molecule has 0 aromatic heterocycles. The van der Waals surface area contributed by atoms with Gasteiger partial charge in [0.05, 0.1) is 6.61 Å². The third kappa shape index (κ3) is 4.82. The van der Waals surface area contributed by atoms with Crippen molar-refractivity contribution in [3.05, 3.63) is 28.2 Å². The number of hydrogen-bond donors (Lipinski definition) is 3. The number of nitrogens with one attached hydrogen (secondary N) is 2. The van der Waals surface area contributed by atoms with E-state index in [2.05, 4.69) is 26.6 Å². The average molecular weight is 345 g/mol. The van der Waals surface area contributed by atoms with Crippen LogP contribution in [-0.4, -0.2) is 36.9 Å². The summed E-state index contributed by atoms with van der Waals surface area (Å²) in [6.07, 6.45) is 0.746. The second-order valence-corrected chi connectivity index (χ2v) is 5.02. The lowest BCUT2D eigenvalue weighted by molar-refractivity contribution is -0.140. The van der Waals surface area contributed by atoms with Gasteiger partial charge in [-0.3, -0.25) is 0 Å². The summed E-state index contributed by atoms with van der Waals surface area (Å²) in [7, 11) is 1.37. The molecule has 0 fully saturated rings. The third-order valence-corrected chi connectivity index (χ3v) is 3.13. The first-order chi connectivity index (χ1) is 9.47. The number of rotatable bonds is 6. The Morgan fingerprint density at radius 1 is 1.45 bits per heavy atom. The largest absolute Gasteiger partial charge is 0.480 e. The fourth-order valence-electron chi connectivity index (χ4n) is 1.63. The monoisotopic (exact) mass is 344 g/mol. The van der Waals surface area contributed by atoms with Crippen molar-refractivity contribution in [2.45, 2.75) is 19.4 Å². The van der Waals surface area contributed by atoms with Gasteiger partial charge in [-0.15, -0.1) is 0 Å². The summed E-state index contributed by atoms with van der Waals surface area (Å²) in [5.41, 5.74) is 1.60. The van der Waals surface area contributed by atoms with Gasteiger partial charge >= 0.3 is 12.0 Å². The first kappa shape index (κ1) is 16.5. The van der Waals surface area contributed by atoms with E-state index in [0.717, 1.165) is 16.5 Å². The van der Waals surface area contributed by atoms with Gasteiger partial charge < -0.3 is 20.5 Å². The van der Waals surface area contributed by atoms with Gasteiger partial charge in [-0.05, 0) is 30.2 Å². The van der Waals surface area contributed by atoms with E-state index in [1.54, 1.807) is 12.1 Å². The lowest BCUT2D eigenvalue weighted by Crippen LogP contribution is -2.45. The van der Waals surface area contributed by atoms with Crippen LogP contribution in [0.1, 0.15) is 12.5 Å². The maximum absolute atomic E-state index is 11.8. The van der Waals surface area contributed by atoms with E-state index >= 15 is 0 Å². The number of urea groups is 1. The summed E-state index contributed by atoms with van der Waals surface area (Å²) < 4.78 is 5.67. The molecule has 0 aliphatic heterocycles. The Bertz CT molecular complexity index is 493. The number of methoxy groups -OCH3 is 1. The van der Waals surface area contributed by atoms with Gasteiger partial charge in [0.2, 0.25) is 0 Å². The molecular weight excluding hydrogens is 328 g/mol. The number of aryl methyl sites for hydroxylation is 1. The zero-order chi connectivity index (χ0) is 15.1. The topological polar surface area (TPSA) is 87.7 Å². The van der Waals surface area contributed by atoms with Crippen LogP contribution in [0.2, 0.25) is 0 Å². The number of benzene rings is 1. The van der Waals surface area contributed by atoms with Crippen molar-refractivity contribution in [3.8, 4) is 0 Å². The van der Waals surface area contributed by atoms with E-state index in [0.29, 0.717) is 5.69 Å². The first-order valence-corrected chi connectivity index (χ1v) is 6.85. The summed E-state index contributed by atoms with van der Waals surface area (Å²) in [6.45, 7) is 1.87. The summed E-state index contributed by atoms with van der Waals surface area (Å²) in [5, 5.41) is 13.9. The molecule has 0 spiro atoms. The van der Waals surface area contributed by atoms with Gasteiger partial charge in [0.25, 0.3) is 0 Å². The van der Waals surface area contributed by atoms with Crippen LogP contribution >= 0.6 is 15.9 Å². The summed E-state index contributed by atoms with van der Waals surface area (Å²) in [5.74, 6) is -1.14. The summed E-state index contributed by atoms with van der Waals surface area (Å²) in [6, 6.07) is 3.80. The number of anilines is 1. The quantitative estimate of drug-likeness (QED) is 0.738. The van der Waals surface area contributed by atoms with Crippen molar-refractivity contribution >= 4 is 33.6 Å². The molecule has 1 aromatic rings. The van der Waals surface area contributed by atoms with Crippen LogP contribution in [0.5, 0.6) is 0 Å². The van der Waals surface area contributed by atoms with E-state index in [1.807, 2.05) is 13.0 Å². The zero-order valence-electron chi connectivity index (χ0n) is 11.3. The molecule has 2 amide bonds. The Morgan fingerprint density at radius 3 is 2.70 bits per heavy atom. The number of carbonyl (C=O) groups is 2. The SMILES string of the molecule is CCc1cc(Br)ccc1NC(=O)NC(COC)C(=O)O. The molecule has 1 rings (SSSR count). The highest BCUT2D eigenvalue weighted by Crippen LogP contribution is 2.21. The number of carboxylic acid groups (broad SMARTS) is 1. The van der Waals surface area contributed by atoms with E-state index in [4.69, 9.17) is 9.84 Å². The molecule has 6 nitrogen and oxygen atoms in total. The standard InChI is InChI=1S/C13H17BrN2O4/c1-3-8-6-9(14)4-5-10(8)15-13(19)16-11(7-20-2)12(17)18/h4-6,11H,3,7H2,1-2H3,(H,17,18)(H2,15,16,19). The minimum Gasteiger partial charge on any atom is -0.480 e. The van der Waals surface area contributed by atoms with Crippen LogP contribution in [0.15, 0.2) is 22.7 Å². The molecule has 1 aromatic carbocycles. The number of amides is 2. The molecule has 20 heavy (non-hydrogen) atoms. The molecule has 110 valence electrons. The fraction of sp³-hybridized carbons (Fsp3) is 0.385. The Morgan fingerprint density at radius 2 is 2.15 bits per heavy atom. The van der Waals surface area contributed by atoms with Crippen LogP contribution in [0.4, 0.5) is 10.5 Å². The summed E-state index contributed by atoms with van der Waals surface area (Å²) >= 11 is 3.36. The second-order valence-electron chi connectivity index (χ2n) is 4.10. The second kappa shape index (κ2) is 7.86. The van der Waals surface area contributed by atoms with Gasteiger partial charge in [0, 0.05) is 17.3 Å². The average Bonchev–Trinajstić information content (AvgIpc) is 2.40. The van der Waals surface area contributed by atoms with E-state index < -0.39 is 18.0 Å². The Kier molecular flexibility index (Phi) is 6.47. The van der Waals surface area contributed by atoms with Crippen LogP contribution < -0.4 is 10.6 Å². The Labute approximate surface area is 125 Å². The number of carboxylic acids is 1. The molecule has 7 heteroatoms. The maximum Gasteiger partial charge on any atom is 0.328 e. The molecular formula is C13H17BrN2O4. The fourth-order valence-corrected chi connectivity index (χ4v) is 2.04. The first-order valence-electron chi connectivity index (χ1n) is 6.05. The van der Waals surface area contributed by atoms with Crippen molar-refractivity contribution < 1.29 is 19.4 Å². The van der Waals surface area contributed by atoms with E-state index in [9.17, 15) is 9.59 Å². The molecule has 3 N–H and O–H groups in total. The van der Waals surface area contributed by atoms with E-state index in [-0.39, 0.29) is 6.61 Å². The molecule has 0 aliphatic rings. The molecule has 0 heterocycles. The van der Waals surface area contributed by atoms with Gasteiger partial charge in [-0.2, -0.15) is 0 Å². The van der Waals surface area contributed by atoms with E-state index in [1.165, 1.54) is 7.11 Å². The van der Waals surface area contributed by atoms with Crippen LogP contribution in [0.3, 0.4) is 0 Å². The predicted octanol–water partition coefficient (Wildman–Crippen LogP) is 2.23. The maximum atomic E-state index is 11.8. The minimum atomic E-state index is -1.14. The Hall–Kier alpha value is -1.60. The Balaban J connectivity index is 2.73. The molecule has 1 atom stereocenters. The highest BCUT2D eigenvalue weighted by atomic mass is 79.9. The molecule has 0 saturated heterocycles. The number of hydrogen-bond acceptors (Lipinski definition) is 3. The van der Waals surface area contributed by atoms with Crippen molar-refractivity contribution in [1.82, 2.24) is 5.32 Å². The molecule has 0 bridgehead atoms. The van der Waals surface area contributed by atoms with Gasteiger partial charge in [0.15, 0.2) is 6.04 Å². The lowest BCUT2D eigenvalue weighted by atomic mass is 10.1. The number of halogens is 1. The number of ether oxygens (including phenoxy) is 1. The lowest BCUT2D eigenvalue weighted by Gasteiger charge is -2.15. The van der Waals surface area contributed by atoms with Crippen molar-refractivity contribution in [2.75, 3.05) is 19.0 Å². The van der Waals surface area contributed by atoms with Crippen LogP contribution in [-0.2, 0) is 16.0 Å². The molecule has 1 unspecified atom stereocenters. The smallest absolute Gasteiger partial charge is 0.328 e. The normalized spacial score (nSPS) is 11.8. The number of aliphatic carboxylic acids is 1. The van der Waals surface area contributed by atoms with Gasteiger partial charge in [-0.25, -0.2) is 9.59 Å². The van der Waals surface area contributed by atoms with Gasteiger partial charge in [-0.1, -0.05) is 22.9 Å². The van der Waals surface area contributed by atoms with Crippen LogP contribution in [0, 0.1) is 0 Å². The molecule has 0 radical (unpaired) electrons. The predicted molar refractivity (Wildman–Crippen MR) is 79.0 cm³/mol. The van der Waals surface area contributed by atoms with Crippen molar-refractivity contribution in [2.24, 2.45) is 0 Å². The highest BCUT2D eigenvalue weighted by molar-refractivity contribution is 9.10. The minimum absolute atomic E-state index is 0.0935. The number of carbonyl (C=O) groups excluding carboxylic acids is 1. The third-order valence-electron chi connectivity index (χ3n) is 2.63. The zero-order valence-corrected chi connectivity index (χ0v) is 12.9. The van der Waals surface area contributed by atoms with Gasteiger partial charge in [0.1, 0.15) is 0 Å². The summed E-state index contributed by atoms with van der Waals surface area (Å²) in [4.78, 5) is 22.7.